The van der Waals surface area contributed by atoms with Gasteiger partial charge in [0.1, 0.15) is 0 Å². The number of rotatable bonds is 2. The molecule has 0 spiro atoms. The maximum atomic E-state index is 11.8. The van der Waals surface area contributed by atoms with Gasteiger partial charge in [0.25, 0.3) is 0 Å². The first-order valence-electron chi connectivity index (χ1n) is 6.29. The summed E-state index contributed by atoms with van der Waals surface area (Å²) < 4.78 is 0. The van der Waals surface area contributed by atoms with Crippen LogP contribution in [0, 0.1) is 11.8 Å². The number of nitrogens with one attached hydrogen (secondary N) is 1. The molecule has 2 nitrogen and oxygen atoms in total. The summed E-state index contributed by atoms with van der Waals surface area (Å²) in [5, 5.41) is 2.97. The first-order chi connectivity index (χ1) is 7.88. The van der Waals surface area contributed by atoms with Crippen molar-refractivity contribution in [2.24, 2.45) is 11.8 Å². The molecule has 1 amide bonds. The van der Waals surface area contributed by atoms with E-state index >= 15 is 0 Å². The van der Waals surface area contributed by atoms with Crippen LogP contribution in [0.25, 0.3) is 0 Å². The lowest BCUT2D eigenvalue weighted by Gasteiger charge is -2.19. The van der Waals surface area contributed by atoms with E-state index in [1.165, 1.54) is 5.56 Å². The summed E-state index contributed by atoms with van der Waals surface area (Å²) in [6, 6.07) is 8.16. The molecule has 1 aromatic carbocycles. The lowest BCUT2D eigenvalue weighted by Crippen LogP contribution is -2.15. The number of amides is 1. The quantitative estimate of drug-likeness (QED) is 0.828. The zero-order valence-corrected chi connectivity index (χ0v) is 11.1. The SMILES string of the molecule is C[C@@H]1C[C@@H]1C(=O)Nc1ccc(C(C)(C)C)cc1. The van der Waals surface area contributed by atoms with Gasteiger partial charge < -0.3 is 5.32 Å². The minimum atomic E-state index is 0.160. The minimum Gasteiger partial charge on any atom is -0.326 e. The van der Waals surface area contributed by atoms with Crippen LogP contribution >= 0.6 is 0 Å². The maximum Gasteiger partial charge on any atom is 0.227 e. The van der Waals surface area contributed by atoms with Crippen molar-refractivity contribution in [1.82, 2.24) is 0 Å². The van der Waals surface area contributed by atoms with Crippen LogP contribution in [0.2, 0.25) is 0 Å². The van der Waals surface area contributed by atoms with Gasteiger partial charge in [-0.3, -0.25) is 4.79 Å². The molecule has 0 saturated heterocycles. The molecule has 1 aromatic rings. The normalized spacial score (nSPS) is 23.3. The van der Waals surface area contributed by atoms with Crippen molar-refractivity contribution in [2.75, 3.05) is 5.32 Å². The number of benzene rings is 1. The van der Waals surface area contributed by atoms with Crippen LogP contribution in [0.15, 0.2) is 24.3 Å². The topological polar surface area (TPSA) is 29.1 Å². The number of carbonyl (C=O) groups is 1. The van der Waals surface area contributed by atoms with Gasteiger partial charge in [-0.25, -0.2) is 0 Å². The molecule has 1 aliphatic carbocycles. The summed E-state index contributed by atoms with van der Waals surface area (Å²) >= 11 is 0. The summed E-state index contributed by atoms with van der Waals surface area (Å²) in [6.45, 7) is 8.68. The zero-order chi connectivity index (χ0) is 12.6. The van der Waals surface area contributed by atoms with E-state index in [2.05, 4.69) is 45.1 Å². The Morgan fingerprint density at radius 3 is 2.18 bits per heavy atom. The summed E-state index contributed by atoms with van der Waals surface area (Å²) in [4.78, 5) is 11.8. The van der Waals surface area contributed by atoms with Crippen LogP contribution in [0.1, 0.15) is 39.7 Å². The van der Waals surface area contributed by atoms with Gasteiger partial charge in [-0.15, -0.1) is 0 Å². The van der Waals surface area contributed by atoms with Crippen LogP contribution in [-0.4, -0.2) is 5.91 Å². The largest absolute Gasteiger partial charge is 0.326 e. The van der Waals surface area contributed by atoms with Crippen molar-refractivity contribution in [3.05, 3.63) is 29.8 Å². The van der Waals surface area contributed by atoms with Crippen LogP contribution in [0.3, 0.4) is 0 Å². The van der Waals surface area contributed by atoms with Gasteiger partial charge in [-0.05, 0) is 35.4 Å². The van der Waals surface area contributed by atoms with Crippen molar-refractivity contribution < 1.29 is 4.79 Å². The molecule has 17 heavy (non-hydrogen) atoms. The highest BCUT2D eigenvalue weighted by molar-refractivity contribution is 5.94. The smallest absolute Gasteiger partial charge is 0.227 e. The molecular weight excluding hydrogens is 210 g/mol. The fraction of sp³-hybridized carbons (Fsp3) is 0.533. The molecule has 0 aromatic heterocycles. The standard InChI is InChI=1S/C15H21NO/c1-10-9-13(10)14(17)16-12-7-5-11(6-8-12)15(2,3)4/h5-8,10,13H,9H2,1-4H3,(H,16,17)/t10-,13+/m1/s1. The Hall–Kier alpha value is -1.31. The van der Waals surface area contributed by atoms with Crippen molar-refractivity contribution in [2.45, 2.75) is 39.5 Å². The summed E-state index contributed by atoms with van der Waals surface area (Å²) in [5.41, 5.74) is 2.35. The van der Waals surface area contributed by atoms with Gasteiger partial charge in [-0.2, -0.15) is 0 Å². The second-order valence-corrected chi connectivity index (χ2v) is 6.14. The molecule has 0 bridgehead atoms. The Morgan fingerprint density at radius 1 is 1.24 bits per heavy atom. The van der Waals surface area contributed by atoms with E-state index in [1.807, 2.05) is 12.1 Å². The van der Waals surface area contributed by atoms with Gasteiger partial charge in [0, 0.05) is 11.6 Å². The lowest BCUT2D eigenvalue weighted by atomic mass is 9.87. The van der Waals surface area contributed by atoms with Crippen molar-refractivity contribution >= 4 is 11.6 Å². The minimum absolute atomic E-state index is 0.160. The van der Waals surface area contributed by atoms with E-state index < -0.39 is 0 Å². The Kier molecular flexibility index (Phi) is 2.98. The molecule has 0 heterocycles. The molecular formula is C15H21NO. The first kappa shape index (κ1) is 12.2. The van der Waals surface area contributed by atoms with Crippen LogP contribution < -0.4 is 5.32 Å². The van der Waals surface area contributed by atoms with Gasteiger partial charge >= 0.3 is 0 Å². The fourth-order valence-electron chi connectivity index (χ4n) is 1.98. The molecule has 2 heteroatoms. The van der Waals surface area contributed by atoms with Crippen molar-refractivity contribution in [1.29, 1.82) is 0 Å². The number of anilines is 1. The predicted octanol–water partition coefficient (Wildman–Crippen LogP) is 3.58. The monoisotopic (exact) mass is 231 g/mol. The summed E-state index contributed by atoms with van der Waals surface area (Å²) in [6.07, 6.45) is 1.03. The average Bonchev–Trinajstić information content (AvgIpc) is 2.95. The van der Waals surface area contributed by atoms with E-state index in [0.29, 0.717) is 5.92 Å². The molecule has 0 radical (unpaired) electrons. The highest BCUT2D eigenvalue weighted by Crippen LogP contribution is 2.38. The van der Waals surface area contributed by atoms with Crippen LogP contribution in [0.4, 0.5) is 5.69 Å². The van der Waals surface area contributed by atoms with Crippen molar-refractivity contribution in [3.8, 4) is 0 Å². The van der Waals surface area contributed by atoms with E-state index in [0.717, 1.165) is 12.1 Å². The van der Waals surface area contributed by atoms with Crippen LogP contribution in [0.5, 0.6) is 0 Å². The molecule has 0 unspecified atom stereocenters. The predicted molar refractivity (Wildman–Crippen MR) is 71.0 cm³/mol. The van der Waals surface area contributed by atoms with E-state index in [4.69, 9.17) is 0 Å². The van der Waals surface area contributed by atoms with Gasteiger partial charge in [0.2, 0.25) is 5.91 Å². The molecule has 0 aliphatic heterocycles. The molecule has 1 N–H and O–H groups in total. The highest BCUT2D eigenvalue weighted by atomic mass is 16.2. The van der Waals surface area contributed by atoms with Crippen molar-refractivity contribution in [3.63, 3.8) is 0 Å². The van der Waals surface area contributed by atoms with Crippen LogP contribution in [-0.2, 0) is 10.2 Å². The molecule has 2 rings (SSSR count). The molecule has 1 saturated carbocycles. The second-order valence-electron chi connectivity index (χ2n) is 6.14. The van der Waals surface area contributed by atoms with E-state index in [-0.39, 0.29) is 17.2 Å². The first-order valence-corrected chi connectivity index (χ1v) is 6.29. The Balaban J connectivity index is 2.01. The molecule has 1 fully saturated rings. The zero-order valence-electron chi connectivity index (χ0n) is 11.1. The van der Waals surface area contributed by atoms with Gasteiger partial charge in [0.05, 0.1) is 0 Å². The van der Waals surface area contributed by atoms with E-state index in [1.54, 1.807) is 0 Å². The second kappa shape index (κ2) is 4.17. The Labute approximate surface area is 103 Å². The third-order valence-corrected chi connectivity index (χ3v) is 3.46. The number of carbonyl (C=O) groups excluding carboxylic acids is 1. The Morgan fingerprint density at radius 2 is 1.76 bits per heavy atom. The highest BCUT2D eigenvalue weighted by Gasteiger charge is 2.39. The fourth-order valence-corrected chi connectivity index (χ4v) is 1.98. The molecule has 2 atom stereocenters. The van der Waals surface area contributed by atoms with E-state index in [9.17, 15) is 4.79 Å². The average molecular weight is 231 g/mol. The number of hydrogen-bond donors (Lipinski definition) is 1. The summed E-state index contributed by atoms with van der Waals surface area (Å²) in [7, 11) is 0. The molecule has 92 valence electrons. The third-order valence-electron chi connectivity index (χ3n) is 3.46. The Bertz CT molecular complexity index is 414. The third kappa shape index (κ3) is 2.87. The lowest BCUT2D eigenvalue weighted by molar-refractivity contribution is -0.117. The number of hydrogen-bond acceptors (Lipinski definition) is 1. The molecule has 1 aliphatic rings. The maximum absolute atomic E-state index is 11.8. The van der Waals surface area contributed by atoms with Gasteiger partial charge in [-0.1, -0.05) is 39.8 Å². The van der Waals surface area contributed by atoms with Gasteiger partial charge in [0.15, 0.2) is 0 Å². The summed E-state index contributed by atoms with van der Waals surface area (Å²) in [5.74, 6) is 0.960.